The molecule has 0 aromatic carbocycles. The van der Waals surface area contributed by atoms with Gasteiger partial charge < -0.3 is 5.73 Å². The molecule has 0 atom stereocenters. The Morgan fingerprint density at radius 1 is 1.35 bits per heavy atom. The molecule has 7 heteroatoms. The van der Waals surface area contributed by atoms with Gasteiger partial charge in [0.15, 0.2) is 5.82 Å². The highest BCUT2D eigenvalue weighted by molar-refractivity contribution is 7.92. The van der Waals surface area contributed by atoms with Crippen LogP contribution < -0.4 is 5.73 Å². The molecule has 0 aliphatic heterocycles. The van der Waals surface area contributed by atoms with Gasteiger partial charge >= 0.3 is 0 Å². The van der Waals surface area contributed by atoms with Gasteiger partial charge in [0.25, 0.3) is 0 Å². The molecule has 1 heterocycles. The van der Waals surface area contributed by atoms with Gasteiger partial charge in [-0.05, 0) is 20.3 Å². The van der Waals surface area contributed by atoms with E-state index in [1.54, 1.807) is 13.8 Å². The highest BCUT2D eigenvalue weighted by Crippen LogP contribution is 2.19. The largest absolute Gasteiger partial charge is 0.381 e. The molecule has 98 valence electrons. The predicted molar refractivity (Wildman–Crippen MR) is 66.3 cm³/mol. The van der Waals surface area contributed by atoms with Crippen molar-refractivity contribution in [3.05, 3.63) is 0 Å². The number of hydrogen-bond donors (Lipinski definition) is 1. The van der Waals surface area contributed by atoms with Crippen molar-refractivity contribution < 1.29 is 8.42 Å². The second-order valence-corrected chi connectivity index (χ2v) is 6.72. The van der Waals surface area contributed by atoms with Crippen LogP contribution in [0, 0.1) is 0 Å². The van der Waals surface area contributed by atoms with Crippen LogP contribution in [0.2, 0.25) is 0 Å². The van der Waals surface area contributed by atoms with Crippen LogP contribution in [0.3, 0.4) is 0 Å². The molecule has 0 saturated carbocycles. The fourth-order valence-corrected chi connectivity index (χ4v) is 2.40. The van der Waals surface area contributed by atoms with Gasteiger partial charge in [0, 0.05) is 6.54 Å². The second kappa shape index (κ2) is 5.48. The minimum atomic E-state index is -3.44. The van der Waals surface area contributed by atoms with Crippen molar-refractivity contribution in [3.8, 4) is 0 Å². The first kappa shape index (κ1) is 14.0. The predicted octanol–water partition coefficient (Wildman–Crippen LogP) is 1.23. The average Bonchev–Trinajstić information content (AvgIpc) is 2.61. The molecule has 0 amide bonds. The molecule has 0 bridgehead atoms. The standard InChI is InChI=1S/C10H20N4O2S/c1-4-5-6-7-14-9(11)10(12-13-14)17(15,16)8(2)3/h8H,4-7,11H2,1-3H3. The van der Waals surface area contributed by atoms with Gasteiger partial charge in [-0.2, -0.15) is 0 Å². The van der Waals surface area contributed by atoms with E-state index in [2.05, 4.69) is 17.2 Å². The van der Waals surface area contributed by atoms with Gasteiger partial charge in [-0.3, -0.25) is 0 Å². The van der Waals surface area contributed by atoms with E-state index in [-0.39, 0.29) is 10.8 Å². The zero-order valence-electron chi connectivity index (χ0n) is 10.5. The van der Waals surface area contributed by atoms with Gasteiger partial charge in [-0.25, -0.2) is 13.1 Å². The third-order valence-electron chi connectivity index (χ3n) is 2.60. The first-order valence-corrected chi connectivity index (χ1v) is 7.38. The van der Waals surface area contributed by atoms with E-state index in [1.807, 2.05) is 0 Å². The minimum absolute atomic E-state index is 0.0935. The smallest absolute Gasteiger partial charge is 0.221 e. The Labute approximate surface area is 102 Å². The summed E-state index contributed by atoms with van der Waals surface area (Å²) in [4.78, 5) is 0. The van der Waals surface area contributed by atoms with Crippen molar-refractivity contribution in [2.24, 2.45) is 0 Å². The Balaban J connectivity index is 2.92. The lowest BCUT2D eigenvalue weighted by molar-refractivity contribution is 0.543. The quantitative estimate of drug-likeness (QED) is 0.777. The van der Waals surface area contributed by atoms with Crippen LogP contribution in [-0.4, -0.2) is 28.7 Å². The number of rotatable bonds is 6. The number of unbranched alkanes of at least 4 members (excludes halogenated alkanes) is 2. The maximum absolute atomic E-state index is 11.9. The van der Waals surface area contributed by atoms with Crippen molar-refractivity contribution >= 4 is 15.7 Å². The Hall–Kier alpha value is -1.11. The van der Waals surface area contributed by atoms with Crippen LogP contribution in [-0.2, 0) is 16.4 Å². The van der Waals surface area contributed by atoms with Crippen LogP contribution in [0.4, 0.5) is 5.82 Å². The summed E-state index contributed by atoms with van der Waals surface area (Å²) in [5.74, 6) is 0.148. The molecule has 0 aliphatic carbocycles. The number of nitrogen functional groups attached to an aromatic ring is 1. The third kappa shape index (κ3) is 2.96. The summed E-state index contributed by atoms with van der Waals surface area (Å²) >= 11 is 0. The van der Waals surface area contributed by atoms with Crippen molar-refractivity contribution in [2.45, 2.75) is 56.9 Å². The third-order valence-corrected chi connectivity index (χ3v) is 4.68. The summed E-state index contributed by atoms with van der Waals surface area (Å²) in [6.45, 7) is 5.91. The van der Waals surface area contributed by atoms with E-state index in [0.717, 1.165) is 19.3 Å². The summed E-state index contributed by atoms with van der Waals surface area (Å²) in [6, 6.07) is 0. The van der Waals surface area contributed by atoms with Crippen molar-refractivity contribution in [2.75, 3.05) is 5.73 Å². The van der Waals surface area contributed by atoms with Gasteiger partial charge in [0.2, 0.25) is 14.9 Å². The van der Waals surface area contributed by atoms with E-state index >= 15 is 0 Å². The SMILES string of the molecule is CCCCCn1nnc(S(=O)(=O)C(C)C)c1N. The number of anilines is 1. The zero-order chi connectivity index (χ0) is 13.1. The van der Waals surface area contributed by atoms with Crippen LogP contribution >= 0.6 is 0 Å². The number of aryl methyl sites for hydroxylation is 1. The highest BCUT2D eigenvalue weighted by Gasteiger charge is 2.27. The molecule has 0 saturated heterocycles. The van der Waals surface area contributed by atoms with E-state index in [9.17, 15) is 8.42 Å². The Kier molecular flexibility index (Phi) is 4.50. The average molecular weight is 260 g/mol. The topological polar surface area (TPSA) is 90.9 Å². The Morgan fingerprint density at radius 3 is 2.53 bits per heavy atom. The minimum Gasteiger partial charge on any atom is -0.381 e. The van der Waals surface area contributed by atoms with Crippen molar-refractivity contribution in [3.63, 3.8) is 0 Å². The number of aromatic nitrogens is 3. The molecule has 0 fully saturated rings. The van der Waals surface area contributed by atoms with Gasteiger partial charge in [-0.15, -0.1) is 5.10 Å². The normalized spacial score (nSPS) is 12.2. The molecular formula is C10H20N4O2S. The monoisotopic (exact) mass is 260 g/mol. The van der Waals surface area contributed by atoms with E-state index in [0.29, 0.717) is 6.54 Å². The van der Waals surface area contributed by atoms with Crippen molar-refractivity contribution in [1.29, 1.82) is 0 Å². The number of hydrogen-bond acceptors (Lipinski definition) is 5. The van der Waals surface area contributed by atoms with Crippen molar-refractivity contribution in [1.82, 2.24) is 15.0 Å². The number of nitrogens with zero attached hydrogens (tertiary/aromatic N) is 3. The molecule has 0 unspecified atom stereocenters. The molecule has 0 spiro atoms. The molecule has 1 aromatic rings. The molecule has 2 N–H and O–H groups in total. The highest BCUT2D eigenvalue weighted by atomic mass is 32.2. The lowest BCUT2D eigenvalue weighted by Crippen LogP contribution is -2.16. The van der Waals surface area contributed by atoms with Crippen LogP contribution in [0.15, 0.2) is 5.03 Å². The molecular weight excluding hydrogens is 240 g/mol. The second-order valence-electron chi connectivity index (χ2n) is 4.30. The van der Waals surface area contributed by atoms with Gasteiger partial charge in [0.05, 0.1) is 5.25 Å². The summed E-state index contributed by atoms with van der Waals surface area (Å²) in [5.41, 5.74) is 5.77. The maximum atomic E-state index is 11.9. The summed E-state index contributed by atoms with van der Waals surface area (Å²) in [5, 5.41) is 6.86. The molecule has 1 aromatic heterocycles. The fourth-order valence-electron chi connectivity index (χ4n) is 1.41. The molecule has 1 rings (SSSR count). The van der Waals surface area contributed by atoms with Crippen LogP contribution in [0.5, 0.6) is 0 Å². The zero-order valence-corrected chi connectivity index (χ0v) is 11.4. The molecule has 0 radical (unpaired) electrons. The Bertz CT molecular complexity index is 465. The van der Waals surface area contributed by atoms with Gasteiger partial charge in [0.1, 0.15) is 0 Å². The van der Waals surface area contributed by atoms with Crippen LogP contribution in [0.1, 0.15) is 40.0 Å². The maximum Gasteiger partial charge on any atom is 0.221 e. The lowest BCUT2D eigenvalue weighted by atomic mass is 10.2. The number of sulfone groups is 1. The summed E-state index contributed by atoms with van der Waals surface area (Å²) < 4.78 is 25.3. The van der Waals surface area contributed by atoms with E-state index in [1.165, 1.54) is 4.68 Å². The first-order valence-electron chi connectivity index (χ1n) is 5.84. The van der Waals surface area contributed by atoms with Crippen LogP contribution in [0.25, 0.3) is 0 Å². The van der Waals surface area contributed by atoms with Gasteiger partial charge in [-0.1, -0.05) is 25.0 Å². The van der Waals surface area contributed by atoms with E-state index in [4.69, 9.17) is 5.73 Å². The number of nitrogens with two attached hydrogens (primary N) is 1. The fraction of sp³-hybridized carbons (Fsp3) is 0.800. The first-order chi connectivity index (χ1) is 7.91. The molecule has 17 heavy (non-hydrogen) atoms. The lowest BCUT2D eigenvalue weighted by Gasteiger charge is -2.05. The van der Waals surface area contributed by atoms with E-state index < -0.39 is 15.1 Å². The molecule has 6 nitrogen and oxygen atoms in total. The summed E-state index contributed by atoms with van der Waals surface area (Å²) in [7, 11) is -3.44. The Morgan fingerprint density at radius 2 is 2.00 bits per heavy atom. The summed E-state index contributed by atoms with van der Waals surface area (Å²) in [6.07, 6.45) is 3.07. The molecule has 0 aliphatic rings.